The minimum Gasteiger partial charge on any atom is -0.497 e. The molecule has 0 radical (unpaired) electrons. The summed E-state index contributed by atoms with van der Waals surface area (Å²) in [5.41, 5.74) is 1.13. The molecule has 0 aliphatic rings. The molecule has 3 aromatic carbocycles. The number of rotatable bonds is 7. The Morgan fingerprint density at radius 1 is 0.844 bits per heavy atom. The van der Waals surface area contributed by atoms with Crippen LogP contribution in [0.1, 0.15) is 0 Å². The third-order valence-corrected chi connectivity index (χ3v) is 6.34. The molecule has 1 heterocycles. The van der Waals surface area contributed by atoms with Crippen molar-refractivity contribution in [2.24, 2.45) is 0 Å². The first kappa shape index (κ1) is 21.4. The number of oxazole rings is 1. The number of hydrogen-bond donors (Lipinski definition) is 1. The van der Waals surface area contributed by atoms with Crippen molar-refractivity contribution in [3.05, 3.63) is 78.6 Å². The molecule has 0 bridgehead atoms. The van der Waals surface area contributed by atoms with Gasteiger partial charge in [0.15, 0.2) is 0 Å². The molecule has 0 unspecified atom stereocenters. The van der Waals surface area contributed by atoms with Crippen molar-refractivity contribution in [2.75, 3.05) is 19.5 Å². The fraction of sp³-hybridized carbons (Fsp3) is 0.0870. The highest BCUT2D eigenvalue weighted by Gasteiger charge is 2.29. The van der Waals surface area contributed by atoms with E-state index >= 15 is 0 Å². The average molecular weight is 454 g/mol. The number of benzene rings is 3. The van der Waals surface area contributed by atoms with E-state index in [1.54, 1.807) is 62.8 Å². The molecule has 9 heteroatoms. The molecule has 0 atom stereocenters. The molecule has 0 spiro atoms. The molecule has 1 N–H and O–H groups in total. The lowest BCUT2D eigenvalue weighted by Crippen LogP contribution is -2.05. The summed E-state index contributed by atoms with van der Waals surface area (Å²) in [6, 6.07) is 18.2. The van der Waals surface area contributed by atoms with E-state index in [1.807, 2.05) is 0 Å². The lowest BCUT2D eigenvalue weighted by molar-refractivity contribution is 0.414. The smallest absolute Gasteiger partial charge is 0.238 e. The van der Waals surface area contributed by atoms with Crippen LogP contribution in [-0.4, -0.2) is 27.6 Å². The third-order valence-electron chi connectivity index (χ3n) is 4.66. The van der Waals surface area contributed by atoms with Gasteiger partial charge in [0, 0.05) is 11.3 Å². The number of aromatic nitrogens is 1. The Kier molecular flexibility index (Phi) is 5.83. The predicted octanol–water partition coefficient (Wildman–Crippen LogP) is 5.07. The zero-order valence-corrected chi connectivity index (χ0v) is 18.0. The van der Waals surface area contributed by atoms with Crippen molar-refractivity contribution in [3.8, 4) is 23.0 Å². The molecule has 1 aromatic heterocycles. The summed E-state index contributed by atoms with van der Waals surface area (Å²) < 4.78 is 56.0. The Hall–Kier alpha value is -3.85. The largest absolute Gasteiger partial charge is 0.497 e. The fourth-order valence-corrected chi connectivity index (χ4v) is 4.21. The van der Waals surface area contributed by atoms with Crippen molar-refractivity contribution in [3.63, 3.8) is 0 Å². The summed E-state index contributed by atoms with van der Waals surface area (Å²) >= 11 is 0. The maximum Gasteiger partial charge on any atom is 0.238 e. The quantitative estimate of drug-likeness (QED) is 0.390. The van der Waals surface area contributed by atoms with Gasteiger partial charge in [-0.2, -0.15) is 4.98 Å². The SMILES string of the molecule is COc1ccc(Nc2oc(-c3ccc(OC)cc3)nc2S(=O)(=O)c2ccc(F)cc2)cc1. The standard InChI is InChI=1S/C23H19FN2O5S/c1-29-18-9-3-15(4-10-18)21-26-23(32(27,28)20-13-5-16(24)6-14-20)22(31-21)25-17-7-11-19(30-2)12-8-17/h3-14,25H,1-2H3. The zero-order chi connectivity index (χ0) is 22.7. The van der Waals surface area contributed by atoms with E-state index in [9.17, 15) is 12.8 Å². The van der Waals surface area contributed by atoms with E-state index in [0.29, 0.717) is 22.7 Å². The Bertz CT molecular complexity index is 1320. The molecule has 0 saturated carbocycles. The Morgan fingerprint density at radius 2 is 1.41 bits per heavy atom. The van der Waals surface area contributed by atoms with Gasteiger partial charge in [0.1, 0.15) is 17.3 Å². The van der Waals surface area contributed by atoms with Crippen LogP contribution < -0.4 is 14.8 Å². The highest BCUT2D eigenvalue weighted by Crippen LogP contribution is 2.35. The van der Waals surface area contributed by atoms with Gasteiger partial charge in [-0.25, -0.2) is 12.8 Å². The molecule has 164 valence electrons. The Balaban J connectivity index is 1.79. The molecule has 0 aliphatic carbocycles. The van der Waals surface area contributed by atoms with Crippen LogP contribution in [0.25, 0.3) is 11.5 Å². The van der Waals surface area contributed by atoms with E-state index in [-0.39, 0.29) is 21.7 Å². The van der Waals surface area contributed by atoms with Crippen molar-refractivity contribution >= 4 is 21.4 Å². The van der Waals surface area contributed by atoms with Crippen molar-refractivity contribution in [1.82, 2.24) is 4.98 Å². The van der Waals surface area contributed by atoms with Crippen LogP contribution in [0.4, 0.5) is 16.0 Å². The van der Waals surface area contributed by atoms with Gasteiger partial charge in [-0.1, -0.05) is 0 Å². The van der Waals surface area contributed by atoms with E-state index in [0.717, 1.165) is 12.1 Å². The number of hydrogen-bond acceptors (Lipinski definition) is 7. The number of ether oxygens (including phenoxy) is 2. The van der Waals surface area contributed by atoms with Gasteiger partial charge in [0.25, 0.3) is 0 Å². The molecule has 4 rings (SSSR count). The van der Waals surface area contributed by atoms with Gasteiger partial charge >= 0.3 is 0 Å². The molecule has 4 aromatic rings. The van der Waals surface area contributed by atoms with Crippen LogP contribution in [0, 0.1) is 5.82 Å². The Labute approximate surface area is 184 Å². The average Bonchev–Trinajstić information content (AvgIpc) is 3.24. The number of sulfone groups is 1. The Morgan fingerprint density at radius 3 is 1.97 bits per heavy atom. The molecule has 7 nitrogen and oxygen atoms in total. The van der Waals surface area contributed by atoms with Crippen molar-refractivity contribution in [1.29, 1.82) is 0 Å². The van der Waals surface area contributed by atoms with Gasteiger partial charge in [0.2, 0.25) is 26.6 Å². The summed E-state index contributed by atoms with van der Waals surface area (Å²) in [5, 5.41) is 2.65. The van der Waals surface area contributed by atoms with Crippen LogP contribution in [0.2, 0.25) is 0 Å². The zero-order valence-electron chi connectivity index (χ0n) is 17.2. The highest BCUT2D eigenvalue weighted by molar-refractivity contribution is 7.91. The lowest BCUT2D eigenvalue weighted by atomic mass is 10.2. The van der Waals surface area contributed by atoms with E-state index in [4.69, 9.17) is 13.9 Å². The van der Waals surface area contributed by atoms with Crippen LogP contribution in [0.15, 0.2) is 87.1 Å². The van der Waals surface area contributed by atoms with Crippen LogP contribution in [-0.2, 0) is 9.84 Å². The van der Waals surface area contributed by atoms with Crippen LogP contribution in [0.5, 0.6) is 11.5 Å². The maximum atomic E-state index is 13.3. The third kappa shape index (κ3) is 4.28. The summed E-state index contributed by atoms with van der Waals surface area (Å²) in [4.78, 5) is 4.15. The predicted molar refractivity (Wildman–Crippen MR) is 117 cm³/mol. The number of nitrogens with zero attached hydrogens (tertiary/aromatic N) is 1. The molecule has 0 saturated heterocycles. The van der Waals surface area contributed by atoms with Crippen molar-refractivity contribution in [2.45, 2.75) is 9.92 Å². The van der Waals surface area contributed by atoms with Gasteiger partial charge < -0.3 is 19.2 Å². The monoisotopic (exact) mass is 454 g/mol. The van der Waals surface area contributed by atoms with Gasteiger partial charge in [-0.05, 0) is 72.8 Å². The van der Waals surface area contributed by atoms with E-state index in [2.05, 4.69) is 10.3 Å². The van der Waals surface area contributed by atoms with Crippen LogP contribution >= 0.6 is 0 Å². The maximum absolute atomic E-state index is 13.3. The second-order valence-corrected chi connectivity index (χ2v) is 8.56. The van der Waals surface area contributed by atoms with Gasteiger partial charge in [-0.3, -0.25) is 0 Å². The minimum absolute atomic E-state index is 0.0645. The summed E-state index contributed by atoms with van der Waals surface area (Å²) in [5.74, 6) is 0.775. The lowest BCUT2D eigenvalue weighted by Gasteiger charge is -2.07. The first-order chi connectivity index (χ1) is 15.4. The van der Waals surface area contributed by atoms with Crippen molar-refractivity contribution < 1.29 is 26.7 Å². The number of halogens is 1. The van der Waals surface area contributed by atoms with E-state index in [1.165, 1.54) is 12.1 Å². The first-order valence-electron chi connectivity index (χ1n) is 9.47. The molecule has 32 heavy (non-hydrogen) atoms. The summed E-state index contributed by atoms with van der Waals surface area (Å²) in [6.07, 6.45) is 0. The van der Waals surface area contributed by atoms with Gasteiger partial charge in [-0.15, -0.1) is 0 Å². The van der Waals surface area contributed by atoms with Gasteiger partial charge in [0.05, 0.1) is 19.1 Å². The normalized spacial score (nSPS) is 11.2. The molecule has 0 amide bonds. The highest BCUT2D eigenvalue weighted by atomic mass is 32.2. The summed E-state index contributed by atoms with van der Waals surface area (Å²) in [7, 11) is -1.01. The van der Waals surface area contributed by atoms with E-state index < -0.39 is 15.7 Å². The molecule has 0 aliphatic heterocycles. The second kappa shape index (κ2) is 8.72. The number of methoxy groups -OCH3 is 2. The number of nitrogens with one attached hydrogen (secondary N) is 1. The van der Waals surface area contributed by atoms with Crippen LogP contribution in [0.3, 0.4) is 0 Å². The minimum atomic E-state index is -4.10. The summed E-state index contributed by atoms with van der Waals surface area (Å²) in [6.45, 7) is 0. The second-order valence-electron chi connectivity index (χ2n) is 6.69. The topological polar surface area (TPSA) is 90.7 Å². The fourth-order valence-electron chi connectivity index (χ4n) is 2.96. The molecule has 0 fully saturated rings. The molecular weight excluding hydrogens is 435 g/mol. The molecular formula is C23H19FN2O5S. The number of anilines is 2. The first-order valence-corrected chi connectivity index (χ1v) is 11.0.